The number of rotatable bonds is 7. The van der Waals surface area contributed by atoms with Crippen LogP contribution in [0.5, 0.6) is 5.75 Å². The highest BCUT2D eigenvalue weighted by Crippen LogP contribution is 2.28. The van der Waals surface area contributed by atoms with Gasteiger partial charge in [-0.2, -0.15) is 0 Å². The Kier molecular flexibility index (Phi) is 6.27. The van der Waals surface area contributed by atoms with Crippen LogP contribution in [0.3, 0.4) is 0 Å². The van der Waals surface area contributed by atoms with E-state index < -0.39 is 0 Å². The maximum absolute atomic E-state index is 13.2. The number of carbonyl (C=O) groups excluding carboxylic acids is 1. The molecule has 31 heavy (non-hydrogen) atoms. The zero-order valence-corrected chi connectivity index (χ0v) is 17.9. The molecule has 4 rings (SSSR count). The minimum absolute atomic E-state index is 0.149. The van der Waals surface area contributed by atoms with Crippen LogP contribution in [0.2, 0.25) is 0 Å². The first-order chi connectivity index (χ1) is 15.2. The molecule has 1 aromatic heterocycles. The lowest BCUT2D eigenvalue weighted by Gasteiger charge is -2.12. The van der Waals surface area contributed by atoms with Gasteiger partial charge in [0, 0.05) is 16.6 Å². The Bertz CT molecular complexity index is 1200. The van der Waals surface area contributed by atoms with E-state index in [4.69, 9.17) is 9.72 Å². The van der Waals surface area contributed by atoms with Crippen molar-refractivity contribution in [2.24, 2.45) is 0 Å². The number of amides is 1. The van der Waals surface area contributed by atoms with Crippen molar-refractivity contribution < 1.29 is 9.53 Å². The second-order valence-corrected chi connectivity index (χ2v) is 7.56. The second-order valence-electron chi connectivity index (χ2n) is 7.56. The molecule has 0 aliphatic heterocycles. The van der Waals surface area contributed by atoms with Crippen LogP contribution >= 0.6 is 0 Å². The number of ether oxygens (including phenoxy) is 1. The molecule has 1 amide bonds. The van der Waals surface area contributed by atoms with Crippen LogP contribution in [0.15, 0.2) is 78.9 Å². The molecule has 1 N–H and O–H groups in total. The van der Waals surface area contributed by atoms with Gasteiger partial charge in [0.15, 0.2) is 0 Å². The Balaban J connectivity index is 1.68. The third kappa shape index (κ3) is 4.75. The van der Waals surface area contributed by atoms with Crippen molar-refractivity contribution in [2.45, 2.75) is 26.2 Å². The molecule has 3 aromatic carbocycles. The van der Waals surface area contributed by atoms with Crippen molar-refractivity contribution in [1.82, 2.24) is 4.98 Å². The number of nitrogens with zero attached hydrogens (tertiary/aromatic N) is 1. The number of aromatic nitrogens is 1. The lowest BCUT2D eigenvalue weighted by Crippen LogP contribution is -2.13. The molecule has 156 valence electrons. The van der Waals surface area contributed by atoms with Gasteiger partial charge in [0.2, 0.25) is 0 Å². The van der Waals surface area contributed by atoms with E-state index >= 15 is 0 Å². The van der Waals surface area contributed by atoms with Gasteiger partial charge in [-0.3, -0.25) is 4.79 Å². The lowest BCUT2D eigenvalue weighted by atomic mass is 10.0. The van der Waals surface area contributed by atoms with Crippen molar-refractivity contribution in [3.63, 3.8) is 0 Å². The lowest BCUT2D eigenvalue weighted by molar-refractivity contribution is 0.102. The van der Waals surface area contributed by atoms with Crippen LogP contribution in [0.25, 0.3) is 22.2 Å². The fourth-order valence-corrected chi connectivity index (χ4v) is 3.63. The molecule has 0 saturated carbocycles. The molecule has 0 fully saturated rings. The molecule has 0 radical (unpaired) electrons. The largest absolute Gasteiger partial charge is 0.497 e. The highest BCUT2D eigenvalue weighted by molar-refractivity contribution is 6.13. The third-order valence-electron chi connectivity index (χ3n) is 5.36. The van der Waals surface area contributed by atoms with Gasteiger partial charge in [0.1, 0.15) is 5.75 Å². The highest BCUT2D eigenvalue weighted by atomic mass is 16.5. The summed E-state index contributed by atoms with van der Waals surface area (Å²) in [6.45, 7) is 2.19. The van der Waals surface area contributed by atoms with E-state index in [1.54, 1.807) is 7.11 Å². The van der Waals surface area contributed by atoms with E-state index in [9.17, 15) is 4.79 Å². The predicted octanol–water partition coefficient (Wildman–Crippen LogP) is 6.51. The number of carbonyl (C=O) groups is 1. The van der Waals surface area contributed by atoms with Crippen LogP contribution in [0.4, 0.5) is 5.69 Å². The van der Waals surface area contributed by atoms with Gasteiger partial charge in [0.25, 0.3) is 5.91 Å². The summed E-state index contributed by atoms with van der Waals surface area (Å²) < 4.78 is 5.35. The summed E-state index contributed by atoms with van der Waals surface area (Å²) in [5, 5.41) is 3.87. The summed E-state index contributed by atoms with van der Waals surface area (Å²) in [6, 6.07) is 25.4. The molecule has 0 atom stereocenters. The van der Waals surface area contributed by atoms with E-state index in [2.05, 4.69) is 24.4 Å². The summed E-state index contributed by atoms with van der Waals surface area (Å²) in [7, 11) is 1.64. The summed E-state index contributed by atoms with van der Waals surface area (Å²) in [5.74, 6) is 0.602. The predicted molar refractivity (Wildman–Crippen MR) is 127 cm³/mol. The molecule has 4 nitrogen and oxygen atoms in total. The van der Waals surface area contributed by atoms with E-state index in [0.29, 0.717) is 5.56 Å². The summed E-state index contributed by atoms with van der Waals surface area (Å²) in [4.78, 5) is 18.0. The number of unbranched alkanes of at least 4 members (excludes halogenated alkanes) is 1. The number of hydrogen-bond donors (Lipinski definition) is 1. The van der Waals surface area contributed by atoms with Crippen LogP contribution in [0, 0.1) is 0 Å². The Morgan fingerprint density at radius 3 is 2.55 bits per heavy atom. The van der Waals surface area contributed by atoms with E-state index in [-0.39, 0.29) is 5.91 Å². The number of pyridine rings is 1. The number of benzene rings is 3. The molecule has 0 unspecified atom stereocenters. The average molecular weight is 411 g/mol. The van der Waals surface area contributed by atoms with Crippen LogP contribution < -0.4 is 10.1 Å². The van der Waals surface area contributed by atoms with Crippen molar-refractivity contribution >= 4 is 22.5 Å². The minimum Gasteiger partial charge on any atom is -0.497 e. The quantitative estimate of drug-likeness (QED) is 0.378. The SMILES string of the molecule is CCCCc1ccc(NC(=O)c2cc(-c3cccc(OC)c3)nc3ccccc23)cc1. The van der Waals surface area contributed by atoms with Gasteiger partial charge in [-0.15, -0.1) is 0 Å². The average Bonchev–Trinajstić information content (AvgIpc) is 2.83. The minimum atomic E-state index is -0.149. The molecule has 0 aliphatic carbocycles. The topological polar surface area (TPSA) is 51.2 Å². The normalized spacial score (nSPS) is 10.8. The van der Waals surface area contributed by atoms with Crippen molar-refractivity contribution in [3.05, 3.63) is 90.0 Å². The number of nitrogens with one attached hydrogen (secondary N) is 1. The third-order valence-corrected chi connectivity index (χ3v) is 5.36. The smallest absolute Gasteiger partial charge is 0.256 e. The highest BCUT2D eigenvalue weighted by Gasteiger charge is 2.14. The zero-order chi connectivity index (χ0) is 21.6. The summed E-state index contributed by atoms with van der Waals surface area (Å²) >= 11 is 0. The molecular weight excluding hydrogens is 384 g/mol. The molecule has 0 saturated heterocycles. The van der Waals surface area contributed by atoms with Crippen LogP contribution in [0.1, 0.15) is 35.7 Å². The number of methoxy groups -OCH3 is 1. The molecule has 4 heteroatoms. The second kappa shape index (κ2) is 9.43. The first-order valence-corrected chi connectivity index (χ1v) is 10.6. The number of fused-ring (bicyclic) bond motifs is 1. The molecule has 0 bridgehead atoms. The molecule has 0 spiro atoms. The fourth-order valence-electron chi connectivity index (χ4n) is 3.63. The van der Waals surface area contributed by atoms with Crippen molar-refractivity contribution in [2.75, 3.05) is 12.4 Å². The van der Waals surface area contributed by atoms with Gasteiger partial charge in [-0.1, -0.05) is 55.8 Å². The first-order valence-electron chi connectivity index (χ1n) is 10.6. The van der Waals surface area contributed by atoms with Gasteiger partial charge in [0.05, 0.1) is 23.9 Å². The maximum Gasteiger partial charge on any atom is 0.256 e. The van der Waals surface area contributed by atoms with Crippen LogP contribution in [-0.4, -0.2) is 18.0 Å². The van der Waals surface area contributed by atoms with Crippen molar-refractivity contribution in [1.29, 1.82) is 0 Å². The Morgan fingerprint density at radius 2 is 1.77 bits per heavy atom. The fraction of sp³-hybridized carbons (Fsp3) is 0.185. The molecular formula is C27H26N2O2. The van der Waals surface area contributed by atoms with E-state index in [1.807, 2.05) is 66.7 Å². The van der Waals surface area contributed by atoms with E-state index in [1.165, 1.54) is 18.4 Å². The Labute approximate surface area is 182 Å². The summed E-state index contributed by atoms with van der Waals surface area (Å²) in [5.41, 5.74) is 5.09. The zero-order valence-electron chi connectivity index (χ0n) is 17.9. The molecule has 4 aromatic rings. The van der Waals surface area contributed by atoms with Gasteiger partial charge >= 0.3 is 0 Å². The standard InChI is InChI=1S/C27H26N2O2/c1-3-4-8-19-13-15-21(16-14-19)28-27(30)24-18-26(20-9-7-10-22(17-20)31-2)29-25-12-6-5-11-23(24)25/h5-7,9-18H,3-4,8H2,1-2H3,(H,28,30). The number of para-hydroxylation sites is 1. The summed E-state index contributed by atoms with van der Waals surface area (Å²) in [6.07, 6.45) is 3.40. The number of hydrogen-bond acceptors (Lipinski definition) is 3. The number of aryl methyl sites for hydroxylation is 1. The molecule has 0 aliphatic rings. The first kappa shape index (κ1) is 20.6. The monoisotopic (exact) mass is 410 g/mol. The maximum atomic E-state index is 13.2. The van der Waals surface area contributed by atoms with Crippen molar-refractivity contribution in [3.8, 4) is 17.0 Å². The Morgan fingerprint density at radius 1 is 0.968 bits per heavy atom. The van der Waals surface area contributed by atoms with Gasteiger partial charge in [-0.25, -0.2) is 4.98 Å². The van der Waals surface area contributed by atoms with Gasteiger partial charge in [-0.05, 0) is 54.8 Å². The number of anilines is 1. The molecule has 1 heterocycles. The van der Waals surface area contributed by atoms with Gasteiger partial charge < -0.3 is 10.1 Å². The Hall–Kier alpha value is -3.66. The van der Waals surface area contributed by atoms with E-state index in [0.717, 1.165) is 40.0 Å². The van der Waals surface area contributed by atoms with Crippen LogP contribution in [-0.2, 0) is 6.42 Å².